The molecule has 0 spiro atoms. The molecule has 1 aromatic carbocycles. The Hall–Kier alpha value is -0.310. The van der Waals surface area contributed by atoms with Crippen LogP contribution in [-0.4, -0.2) is 5.78 Å². The Kier molecular flexibility index (Phi) is 5.57. The standard InChI is InChI=1S/C10H8ClFO.2ClH/c11-8-5-7-6(4-9(8)12)2-1-3-10(7)13;;/h4-5H,1-3H2;2*1H. The Labute approximate surface area is 105 Å². The minimum Gasteiger partial charge on any atom is -0.294 e. The molecule has 0 N–H and O–H groups in total. The van der Waals surface area contributed by atoms with Gasteiger partial charge in [0, 0.05) is 12.0 Å². The maximum atomic E-state index is 13.0. The highest BCUT2D eigenvalue weighted by atomic mass is 35.5. The highest BCUT2D eigenvalue weighted by molar-refractivity contribution is 6.31. The lowest BCUT2D eigenvalue weighted by atomic mass is 9.91. The van der Waals surface area contributed by atoms with E-state index in [1.807, 2.05) is 0 Å². The van der Waals surface area contributed by atoms with Gasteiger partial charge in [0.15, 0.2) is 5.78 Å². The zero-order valence-electron chi connectivity index (χ0n) is 7.76. The van der Waals surface area contributed by atoms with Gasteiger partial charge in [-0.1, -0.05) is 11.6 Å². The summed E-state index contributed by atoms with van der Waals surface area (Å²) in [6, 6.07) is 2.81. The molecule has 0 atom stereocenters. The first-order chi connectivity index (χ1) is 6.18. The van der Waals surface area contributed by atoms with Gasteiger partial charge in [-0.3, -0.25) is 4.79 Å². The fourth-order valence-electron chi connectivity index (χ4n) is 1.63. The summed E-state index contributed by atoms with van der Waals surface area (Å²) in [6.45, 7) is 0. The third-order valence-electron chi connectivity index (χ3n) is 2.30. The van der Waals surface area contributed by atoms with E-state index in [-0.39, 0.29) is 35.6 Å². The van der Waals surface area contributed by atoms with Crippen LogP contribution in [0.2, 0.25) is 5.02 Å². The molecule has 0 radical (unpaired) electrons. The third kappa shape index (κ3) is 2.83. The summed E-state index contributed by atoms with van der Waals surface area (Å²) < 4.78 is 13.0. The second kappa shape index (κ2) is 5.69. The van der Waals surface area contributed by atoms with Crippen molar-refractivity contribution in [3.05, 3.63) is 34.1 Å². The number of benzene rings is 1. The molecular formula is C10H10Cl3FO. The van der Waals surface area contributed by atoms with Crippen LogP contribution in [0.1, 0.15) is 28.8 Å². The Morgan fingerprint density at radius 3 is 2.53 bits per heavy atom. The number of Topliss-reactive ketones (excluding diaryl/α,β-unsaturated/α-hetero) is 1. The topological polar surface area (TPSA) is 17.1 Å². The van der Waals surface area contributed by atoms with Crippen LogP contribution in [-0.2, 0) is 6.42 Å². The van der Waals surface area contributed by atoms with Crippen LogP contribution < -0.4 is 0 Å². The normalized spacial score (nSPS) is 13.6. The predicted molar refractivity (Wildman–Crippen MR) is 63.2 cm³/mol. The smallest absolute Gasteiger partial charge is 0.163 e. The van der Waals surface area contributed by atoms with Crippen molar-refractivity contribution in [3.63, 3.8) is 0 Å². The van der Waals surface area contributed by atoms with E-state index in [9.17, 15) is 9.18 Å². The number of fused-ring (bicyclic) bond motifs is 1. The first kappa shape index (κ1) is 14.7. The highest BCUT2D eigenvalue weighted by Crippen LogP contribution is 2.26. The van der Waals surface area contributed by atoms with Gasteiger partial charge in [0.1, 0.15) is 5.82 Å². The van der Waals surface area contributed by atoms with Crippen molar-refractivity contribution >= 4 is 42.2 Å². The number of rotatable bonds is 0. The van der Waals surface area contributed by atoms with E-state index >= 15 is 0 Å². The molecule has 0 aromatic heterocycles. The lowest BCUT2D eigenvalue weighted by molar-refractivity contribution is 0.0972. The summed E-state index contributed by atoms with van der Waals surface area (Å²) in [6.07, 6.45) is 2.14. The van der Waals surface area contributed by atoms with E-state index in [4.69, 9.17) is 11.6 Å². The molecule has 0 fully saturated rings. The second-order valence-corrected chi connectivity index (χ2v) is 3.61. The molecule has 0 bridgehead atoms. The molecule has 1 aliphatic carbocycles. The van der Waals surface area contributed by atoms with Crippen molar-refractivity contribution in [3.8, 4) is 0 Å². The van der Waals surface area contributed by atoms with Crippen LogP contribution in [0.15, 0.2) is 12.1 Å². The van der Waals surface area contributed by atoms with Gasteiger partial charge in [0.25, 0.3) is 0 Å². The molecule has 0 saturated carbocycles. The van der Waals surface area contributed by atoms with Crippen molar-refractivity contribution in [2.24, 2.45) is 0 Å². The van der Waals surface area contributed by atoms with E-state index in [1.54, 1.807) is 0 Å². The summed E-state index contributed by atoms with van der Waals surface area (Å²) in [5, 5.41) is 0.0361. The second-order valence-electron chi connectivity index (χ2n) is 3.20. The molecule has 0 aliphatic heterocycles. The van der Waals surface area contributed by atoms with Crippen LogP contribution >= 0.6 is 36.4 Å². The minimum atomic E-state index is -0.435. The summed E-state index contributed by atoms with van der Waals surface area (Å²) in [4.78, 5) is 11.4. The van der Waals surface area contributed by atoms with Gasteiger partial charge in [0.2, 0.25) is 0 Å². The Balaban J connectivity index is 0.000000980. The minimum absolute atomic E-state index is 0. The molecular weight excluding hydrogens is 261 g/mol. The average molecular weight is 272 g/mol. The van der Waals surface area contributed by atoms with Crippen molar-refractivity contribution < 1.29 is 9.18 Å². The van der Waals surface area contributed by atoms with Crippen molar-refractivity contribution in [2.45, 2.75) is 19.3 Å². The lowest BCUT2D eigenvalue weighted by Crippen LogP contribution is -2.11. The molecule has 1 nitrogen and oxygen atoms in total. The van der Waals surface area contributed by atoms with Crippen LogP contribution in [0.3, 0.4) is 0 Å². The molecule has 84 valence electrons. The Morgan fingerprint density at radius 2 is 1.87 bits per heavy atom. The van der Waals surface area contributed by atoms with Crippen molar-refractivity contribution in [1.82, 2.24) is 0 Å². The number of hydrogen-bond acceptors (Lipinski definition) is 1. The van der Waals surface area contributed by atoms with E-state index in [1.165, 1.54) is 12.1 Å². The van der Waals surface area contributed by atoms with E-state index in [0.29, 0.717) is 12.0 Å². The number of hydrogen-bond donors (Lipinski definition) is 0. The van der Waals surface area contributed by atoms with E-state index < -0.39 is 5.82 Å². The number of halogens is 4. The van der Waals surface area contributed by atoms with Gasteiger partial charge >= 0.3 is 0 Å². The predicted octanol–water partition coefficient (Wildman–Crippen LogP) is 3.84. The van der Waals surface area contributed by atoms with Crippen LogP contribution in [0.25, 0.3) is 0 Å². The lowest BCUT2D eigenvalue weighted by Gasteiger charge is -2.14. The SMILES string of the molecule is Cl.Cl.O=C1CCCc2cc(F)c(Cl)cc21. The largest absolute Gasteiger partial charge is 0.294 e. The fourth-order valence-corrected chi connectivity index (χ4v) is 1.79. The summed E-state index contributed by atoms with van der Waals surface area (Å²) >= 11 is 5.58. The van der Waals surface area contributed by atoms with Gasteiger partial charge in [-0.25, -0.2) is 4.39 Å². The molecule has 1 aromatic rings. The summed E-state index contributed by atoms with van der Waals surface area (Å²) in [7, 11) is 0. The Morgan fingerprint density at radius 1 is 1.20 bits per heavy atom. The number of aryl methyl sites for hydroxylation is 1. The van der Waals surface area contributed by atoms with E-state index in [0.717, 1.165) is 18.4 Å². The monoisotopic (exact) mass is 270 g/mol. The van der Waals surface area contributed by atoms with Crippen LogP contribution in [0, 0.1) is 5.82 Å². The van der Waals surface area contributed by atoms with Crippen molar-refractivity contribution in [2.75, 3.05) is 0 Å². The zero-order valence-corrected chi connectivity index (χ0v) is 10.1. The van der Waals surface area contributed by atoms with Gasteiger partial charge in [-0.2, -0.15) is 0 Å². The molecule has 0 unspecified atom stereocenters. The maximum Gasteiger partial charge on any atom is 0.163 e. The number of ketones is 1. The highest BCUT2D eigenvalue weighted by Gasteiger charge is 2.18. The van der Waals surface area contributed by atoms with Crippen LogP contribution in [0.5, 0.6) is 0 Å². The summed E-state index contributed by atoms with van der Waals surface area (Å²) in [5.41, 5.74) is 1.39. The average Bonchev–Trinajstić information content (AvgIpc) is 2.09. The first-order valence-electron chi connectivity index (χ1n) is 4.19. The number of carbonyl (C=O) groups excluding carboxylic acids is 1. The number of carbonyl (C=O) groups is 1. The maximum absolute atomic E-state index is 13.0. The van der Waals surface area contributed by atoms with Gasteiger partial charge in [0.05, 0.1) is 5.02 Å². The van der Waals surface area contributed by atoms with Crippen molar-refractivity contribution in [1.29, 1.82) is 0 Å². The molecule has 5 heteroatoms. The van der Waals surface area contributed by atoms with E-state index in [2.05, 4.69) is 0 Å². The summed E-state index contributed by atoms with van der Waals surface area (Å²) in [5.74, 6) is -0.363. The molecule has 0 heterocycles. The molecule has 15 heavy (non-hydrogen) atoms. The quantitative estimate of drug-likeness (QED) is 0.700. The van der Waals surface area contributed by atoms with Crippen LogP contribution in [0.4, 0.5) is 4.39 Å². The zero-order chi connectivity index (χ0) is 9.42. The third-order valence-corrected chi connectivity index (χ3v) is 2.59. The van der Waals surface area contributed by atoms with Gasteiger partial charge in [-0.05, 0) is 30.5 Å². The van der Waals surface area contributed by atoms with Gasteiger partial charge < -0.3 is 0 Å². The molecule has 0 saturated heterocycles. The Bertz CT molecular complexity index is 379. The first-order valence-corrected chi connectivity index (χ1v) is 4.57. The molecule has 2 rings (SSSR count). The molecule has 1 aliphatic rings. The van der Waals surface area contributed by atoms with Gasteiger partial charge in [-0.15, -0.1) is 24.8 Å². The fraction of sp³-hybridized carbons (Fsp3) is 0.300. The molecule has 0 amide bonds.